The first-order valence-electron chi connectivity index (χ1n) is 8.72. The summed E-state index contributed by atoms with van der Waals surface area (Å²) in [5.41, 5.74) is 0.157. The molecule has 4 nitrogen and oxygen atoms in total. The van der Waals surface area contributed by atoms with E-state index in [-0.39, 0.29) is 16.4 Å². The number of fused-ring (bicyclic) bond motifs is 1. The Hall–Kier alpha value is -1.39. The summed E-state index contributed by atoms with van der Waals surface area (Å²) in [7, 11) is 0. The molecule has 3 rings (SSSR count). The molecule has 1 aliphatic rings. The lowest BCUT2D eigenvalue weighted by Gasteiger charge is -2.28. The van der Waals surface area contributed by atoms with Crippen molar-refractivity contribution in [3.8, 4) is 0 Å². The van der Waals surface area contributed by atoms with E-state index in [1.807, 2.05) is 0 Å². The van der Waals surface area contributed by atoms with E-state index in [4.69, 9.17) is 22.6 Å². The second-order valence-corrected chi connectivity index (χ2v) is 3.59. The third-order valence-corrected chi connectivity index (χ3v) is 2.55. The number of anilines is 1. The maximum Gasteiger partial charge on any atom is 0.140 e. The van der Waals surface area contributed by atoms with E-state index in [0.29, 0.717) is 10.3 Å². The van der Waals surface area contributed by atoms with Gasteiger partial charge in [-0.3, -0.25) is 0 Å². The minimum Gasteiger partial charge on any atom is -0.378 e. The van der Waals surface area contributed by atoms with Gasteiger partial charge in [-0.15, -0.1) is 0 Å². The summed E-state index contributed by atoms with van der Waals surface area (Å²) in [6.45, 7) is -12.2. The Balaban J connectivity index is 2.24. The summed E-state index contributed by atoms with van der Waals surface area (Å²) in [6, 6.07) is 4.01. The van der Waals surface area contributed by atoms with Crippen LogP contribution in [0.3, 0.4) is 0 Å². The van der Waals surface area contributed by atoms with Gasteiger partial charge in [0.15, 0.2) is 0 Å². The molecule has 0 N–H and O–H groups in total. The molecule has 2 heterocycles. The van der Waals surface area contributed by atoms with Gasteiger partial charge in [0.1, 0.15) is 11.5 Å². The topological polar surface area (TPSA) is 38.2 Å². The van der Waals surface area contributed by atoms with Gasteiger partial charge in [-0.2, -0.15) is 0 Å². The molecule has 88 valence electrons. The highest BCUT2D eigenvalue weighted by molar-refractivity contribution is 6.34. The Morgan fingerprint density at radius 2 is 2.12 bits per heavy atom. The molecule has 1 fully saturated rings. The molecular formula is C12H12ClN3O. The van der Waals surface area contributed by atoms with E-state index in [2.05, 4.69) is 14.7 Å². The lowest BCUT2D eigenvalue weighted by Crippen LogP contribution is -2.36. The third kappa shape index (κ3) is 2.06. The SMILES string of the molecule is [2H]C1([2H])OC([2H])([2H])C([2H])([2H])N(c2ccc3c(Cl)ncnc3c2)C1([2H])[2H]. The molecule has 0 amide bonds. The van der Waals surface area contributed by atoms with Gasteiger partial charge in [-0.25, -0.2) is 9.97 Å². The molecule has 1 saturated heterocycles. The third-order valence-electron chi connectivity index (χ3n) is 2.25. The number of aromatic nitrogens is 2. The predicted octanol–water partition coefficient (Wildman–Crippen LogP) is 2.12. The Bertz CT molecular complexity index is 820. The number of nitrogens with zero attached hydrogens (tertiary/aromatic N) is 3. The maximum absolute atomic E-state index is 8.03. The molecule has 1 aromatic heterocycles. The van der Waals surface area contributed by atoms with E-state index in [1.54, 1.807) is 0 Å². The number of ether oxygens (including phenoxy) is 1. The zero-order valence-corrected chi connectivity index (χ0v) is 9.19. The summed E-state index contributed by atoms with van der Waals surface area (Å²) in [5, 5.41) is 0.587. The highest BCUT2D eigenvalue weighted by atomic mass is 35.5. The fraction of sp³-hybridized carbons (Fsp3) is 0.333. The van der Waals surface area contributed by atoms with Crippen LogP contribution in [0.2, 0.25) is 5.15 Å². The van der Waals surface area contributed by atoms with E-state index in [0.717, 1.165) is 0 Å². The van der Waals surface area contributed by atoms with E-state index < -0.39 is 26.1 Å². The van der Waals surface area contributed by atoms with Crippen LogP contribution in [0, 0.1) is 0 Å². The number of hydrogen-bond donors (Lipinski definition) is 0. The number of hydrogen-bond acceptors (Lipinski definition) is 4. The van der Waals surface area contributed by atoms with Crippen molar-refractivity contribution in [3.63, 3.8) is 0 Å². The second kappa shape index (κ2) is 4.47. The second-order valence-electron chi connectivity index (χ2n) is 3.23. The number of morpholine rings is 1. The van der Waals surface area contributed by atoms with Crippen molar-refractivity contribution in [1.82, 2.24) is 9.97 Å². The summed E-state index contributed by atoms with van der Waals surface area (Å²) in [4.78, 5) is 8.17. The van der Waals surface area contributed by atoms with Crippen LogP contribution in [-0.4, -0.2) is 36.1 Å². The fourth-order valence-electron chi connectivity index (χ4n) is 1.47. The van der Waals surface area contributed by atoms with Crippen LogP contribution in [0.25, 0.3) is 10.9 Å². The van der Waals surface area contributed by atoms with E-state index >= 15 is 0 Å². The molecular weight excluding hydrogens is 238 g/mol. The minimum atomic E-state index is -3.11. The van der Waals surface area contributed by atoms with Gasteiger partial charge in [0.25, 0.3) is 0 Å². The lowest BCUT2D eigenvalue weighted by molar-refractivity contribution is 0.122. The summed E-state index contributed by atoms with van der Waals surface area (Å²) in [6.07, 6.45) is 1.18. The minimum absolute atomic E-state index is 0.117. The molecule has 17 heavy (non-hydrogen) atoms. The normalized spacial score (nSPS) is 35.2. The molecule has 5 heteroatoms. The fourth-order valence-corrected chi connectivity index (χ4v) is 1.67. The largest absolute Gasteiger partial charge is 0.378 e. The molecule has 0 saturated carbocycles. The Morgan fingerprint density at radius 1 is 1.29 bits per heavy atom. The first-order valence-corrected chi connectivity index (χ1v) is 5.10. The zero-order chi connectivity index (χ0) is 18.8. The van der Waals surface area contributed by atoms with Gasteiger partial charge in [0, 0.05) is 24.1 Å². The smallest absolute Gasteiger partial charge is 0.140 e. The van der Waals surface area contributed by atoms with Crippen molar-refractivity contribution in [2.24, 2.45) is 0 Å². The molecule has 1 aromatic carbocycles. The van der Waals surface area contributed by atoms with Crippen molar-refractivity contribution in [2.75, 3.05) is 31.0 Å². The average molecular weight is 258 g/mol. The Morgan fingerprint density at radius 3 is 2.94 bits per heavy atom. The molecule has 0 aliphatic carbocycles. The molecule has 0 spiro atoms. The van der Waals surface area contributed by atoms with Gasteiger partial charge in [-0.1, -0.05) is 11.6 Å². The summed E-state index contributed by atoms with van der Waals surface area (Å²) < 4.78 is 67.5. The van der Waals surface area contributed by atoms with E-state index in [1.165, 1.54) is 24.5 Å². The lowest BCUT2D eigenvalue weighted by atomic mass is 10.2. The number of benzene rings is 1. The van der Waals surface area contributed by atoms with Gasteiger partial charge in [0.2, 0.25) is 0 Å². The van der Waals surface area contributed by atoms with Crippen LogP contribution in [0.4, 0.5) is 5.69 Å². The first-order chi connectivity index (χ1) is 11.3. The quantitative estimate of drug-likeness (QED) is 0.734. The highest BCUT2D eigenvalue weighted by Gasteiger charge is 2.12. The molecule has 0 radical (unpaired) electrons. The van der Waals surface area contributed by atoms with Crippen LogP contribution < -0.4 is 4.90 Å². The molecule has 0 bridgehead atoms. The van der Waals surface area contributed by atoms with Crippen LogP contribution >= 0.6 is 11.6 Å². The van der Waals surface area contributed by atoms with Gasteiger partial charge < -0.3 is 9.64 Å². The number of rotatable bonds is 1. The van der Waals surface area contributed by atoms with Crippen molar-refractivity contribution in [2.45, 2.75) is 0 Å². The van der Waals surface area contributed by atoms with Crippen LogP contribution in [0.5, 0.6) is 0 Å². The predicted molar refractivity (Wildman–Crippen MR) is 67.6 cm³/mol. The standard InChI is InChI=1S/C12H12ClN3O/c13-12-10-2-1-9(7-11(10)14-8-15-12)16-3-5-17-6-4-16/h1-2,7-8H,3-6H2/i3D2,4D2,5D2,6D2. The molecule has 0 unspecified atom stereocenters. The van der Waals surface area contributed by atoms with Crippen molar-refractivity contribution in [1.29, 1.82) is 0 Å². The zero-order valence-electron chi connectivity index (χ0n) is 16.4. The van der Waals surface area contributed by atoms with Crippen molar-refractivity contribution in [3.05, 3.63) is 29.7 Å². The molecule has 1 aliphatic heterocycles. The highest BCUT2D eigenvalue weighted by Crippen LogP contribution is 2.24. The first kappa shape index (κ1) is 5.08. The average Bonchev–Trinajstić information content (AvgIpc) is 2.44. The van der Waals surface area contributed by atoms with Crippen LogP contribution in [-0.2, 0) is 4.74 Å². The van der Waals surface area contributed by atoms with Crippen LogP contribution in [0.1, 0.15) is 11.0 Å². The van der Waals surface area contributed by atoms with Gasteiger partial charge in [-0.05, 0) is 18.2 Å². The van der Waals surface area contributed by atoms with Gasteiger partial charge >= 0.3 is 0 Å². The monoisotopic (exact) mass is 257 g/mol. The summed E-state index contributed by atoms with van der Waals surface area (Å²) in [5.74, 6) is 0. The molecule has 2 aromatic rings. The number of halogens is 1. The van der Waals surface area contributed by atoms with Crippen LogP contribution in [0.15, 0.2) is 24.5 Å². The van der Waals surface area contributed by atoms with Gasteiger partial charge in [0.05, 0.1) is 29.6 Å². The van der Waals surface area contributed by atoms with Crippen molar-refractivity contribution < 1.29 is 15.7 Å². The van der Waals surface area contributed by atoms with Crippen molar-refractivity contribution >= 4 is 28.2 Å². The molecule has 0 atom stereocenters. The Kier molecular flexibility index (Phi) is 1.34. The van der Waals surface area contributed by atoms with E-state index in [9.17, 15) is 0 Å². The Labute approximate surface area is 115 Å². The maximum atomic E-state index is 8.03. The summed E-state index contributed by atoms with van der Waals surface area (Å²) >= 11 is 5.94.